The lowest BCUT2D eigenvalue weighted by Gasteiger charge is -2.08. The highest BCUT2D eigenvalue weighted by Gasteiger charge is 2.05. The van der Waals surface area contributed by atoms with Crippen molar-refractivity contribution in [2.24, 2.45) is 0 Å². The number of rotatable bonds is 4. The van der Waals surface area contributed by atoms with Crippen LogP contribution in [0.25, 0.3) is 16.8 Å². The standard InChI is InChI=1S/C18H20N2/c1-4-7-15(8-5-2)17-11-14(3)12-18(20-17)16-9-6-10-19-13-16/h4,6-13H,5H2,1-3H3/b7-4-,15-8+. The molecule has 0 atom stereocenters. The van der Waals surface area contributed by atoms with E-state index in [1.54, 1.807) is 6.20 Å². The van der Waals surface area contributed by atoms with E-state index in [0.29, 0.717) is 0 Å². The van der Waals surface area contributed by atoms with Crippen LogP contribution < -0.4 is 0 Å². The lowest BCUT2D eigenvalue weighted by molar-refractivity contribution is 1.20. The van der Waals surface area contributed by atoms with Gasteiger partial charge in [-0.25, -0.2) is 4.98 Å². The summed E-state index contributed by atoms with van der Waals surface area (Å²) in [7, 11) is 0. The van der Waals surface area contributed by atoms with E-state index in [4.69, 9.17) is 4.98 Å². The molecule has 2 nitrogen and oxygen atoms in total. The predicted octanol–water partition coefficient (Wildman–Crippen LogP) is 4.82. The molecule has 0 radical (unpaired) electrons. The molecule has 2 aromatic heterocycles. The van der Waals surface area contributed by atoms with Crippen LogP contribution in [0.1, 0.15) is 31.5 Å². The summed E-state index contributed by atoms with van der Waals surface area (Å²) in [4.78, 5) is 8.95. The monoisotopic (exact) mass is 264 g/mol. The lowest BCUT2D eigenvalue weighted by atomic mass is 10.1. The SMILES string of the molecule is C/C=C\C(=C/CC)c1cc(C)cc(-c2cccnc2)n1. The summed E-state index contributed by atoms with van der Waals surface area (Å²) in [6, 6.07) is 8.20. The van der Waals surface area contributed by atoms with Crippen LogP contribution in [0.15, 0.2) is 54.9 Å². The average molecular weight is 264 g/mol. The van der Waals surface area contributed by atoms with Crippen molar-refractivity contribution in [1.82, 2.24) is 9.97 Å². The van der Waals surface area contributed by atoms with Crippen LogP contribution in [-0.2, 0) is 0 Å². The molecule has 0 bridgehead atoms. The van der Waals surface area contributed by atoms with E-state index in [-0.39, 0.29) is 0 Å². The molecule has 0 amide bonds. The number of aromatic nitrogens is 2. The third kappa shape index (κ3) is 3.41. The van der Waals surface area contributed by atoms with Crippen LogP contribution in [0.4, 0.5) is 0 Å². The Morgan fingerprint density at radius 3 is 2.80 bits per heavy atom. The Hall–Kier alpha value is -2.22. The number of nitrogens with zero attached hydrogens (tertiary/aromatic N) is 2. The molecule has 0 fully saturated rings. The fourth-order valence-electron chi connectivity index (χ4n) is 2.13. The molecule has 0 saturated carbocycles. The Morgan fingerprint density at radius 1 is 1.30 bits per heavy atom. The molecular weight excluding hydrogens is 244 g/mol. The molecule has 2 rings (SSSR count). The van der Waals surface area contributed by atoms with Crippen molar-refractivity contribution < 1.29 is 0 Å². The predicted molar refractivity (Wildman–Crippen MR) is 85.3 cm³/mol. The first-order valence-electron chi connectivity index (χ1n) is 6.97. The maximum absolute atomic E-state index is 4.78. The largest absolute Gasteiger partial charge is 0.264 e. The van der Waals surface area contributed by atoms with Gasteiger partial charge in [0.05, 0.1) is 11.4 Å². The van der Waals surface area contributed by atoms with Gasteiger partial charge >= 0.3 is 0 Å². The van der Waals surface area contributed by atoms with E-state index in [1.165, 1.54) is 11.1 Å². The van der Waals surface area contributed by atoms with E-state index in [9.17, 15) is 0 Å². The van der Waals surface area contributed by atoms with E-state index < -0.39 is 0 Å². The van der Waals surface area contributed by atoms with E-state index in [2.05, 4.69) is 49.2 Å². The Balaban J connectivity index is 2.51. The van der Waals surface area contributed by atoms with Gasteiger partial charge in [0.25, 0.3) is 0 Å². The number of pyridine rings is 2. The second kappa shape index (κ2) is 6.80. The molecule has 2 heterocycles. The van der Waals surface area contributed by atoms with Gasteiger partial charge in [0, 0.05) is 18.0 Å². The summed E-state index contributed by atoms with van der Waals surface area (Å²) in [5.74, 6) is 0. The molecule has 0 aromatic carbocycles. The van der Waals surface area contributed by atoms with Crippen molar-refractivity contribution in [1.29, 1.82) is 0 Å². The first-order valence-corrected chi connectivity index (χ1v) is 6.97. The third-order valence-electron chi connectivity index (χ3n) is 2.99. The van der Waals surface area contributed by atoms with Gasteiger partial charge in [-0.15, -0.1) is 0 Å². The fraction of sp³-hybridized carbons (Fsp3) is 0.222. The maximum Gasteiger partial charge on any atom is 0.0727 e. The lowest BCUT2D eigenvalue weighted by Crippen LogP contribution is -1.93. The maximum atomic E-state index is 4.78. The quantitative estimate of drug-likeness (QED) is 0.740. The summed E-state index contributed by atoms with van der Waals surface area (Å²) >= 11 is 0. The minimum Gasteiger partial charge on any atom is -0.264 e. The van der Waals surface area contributed by atoms with Crippen molar-refractivity contribution in [3.8, 4) is 11.3 Å². The Kier molecular flexibility index (Phi) is 4.83. The summed E-state index contributed by atoms with van der Waals surface area (Å²) in [5.41, 5.74) is 5.42. The third-order valence-corrected chi connectivity index (χ3v) is 2.99. The molecule has 0 N–H and O–H groups in total. The van der Waals surface area contributed by atoms with Crippen molar-refractivity contribution >= 4 is 5.57 Å². The van der Waals surface area contributed by atoms with E-state index in [1.807, 2.05) is 25.3 Å². The van der Waals surface area contributed by atoms with Gasteiger partial charge in [-0.2, -0.15) is 0 Å². The minimum atomic E-state index is 0.972. The number of aryl methyl sites for hydroxylation is 1. The summed E-state index contributed by atoms with van der Waals surface area (Å²) < 4.78 is 0. The van der Waals surface area contributed by atoms with Crippen molar-refractivity contribution in [2.45, 2.75) is 27.2 Å². The molecule has 2 aromatic rings. The van der Waals surface area contributed by atoms with Gasteiger partial charge in [-0.05, 0) is 55.7 Å². The van der Waals surface area contributed by atoms with Gasteiger partial charge < -0.3 is 0 Å². The van der Waals surface area contributed by atoms with Crippen molar-refractivity contribution in [3.05, 3.63) is 66.1 Å². The molecular formula is C18H20N2. The molecule has 0 spiro atoms. The van der Waals surface area contributed by atoms with Crippen molar-refractivity contribution in [2.75, 3.05) is 0 Å². The smallest absolute Gasteiger partial charge is 0.0727 e. The normalized spacial score (nSPS) is 12.1. The highest BCUT2D eigenvalue weighted by molar-refractivity contribution is 5.73. The zero-order valence-electron chi connectivity index (χ0n) is 12.3. The second-order valence-corrected chi connectivity index (χ2v) is 4.72. The van der Waals surface area contributed by atoms with Crippen LogP contribution >= 0.6 is 0 Å². The highest BCUT2D eigenvalue weighted by atomic mass is 14.7. The van der Waals surface area contributed by atoms with Gasteiger partial charge in [0.2, 0.25) is 0 Å². The van der Waals surface area contributed by atoms with Crippen LogP contribution in [0.3, 0.4) is 0 Å². The molecule has 102 valence electrons. The first-order chi connectivity index (χ1) is 9.74. The molecule has 0 aliphatic rings. The fourth-order valence-corrected chi connectivity index (χ4v) is 2.13. The molecule has 0 aliphatic carbocycles. The van der Waals surface area contributed by atoms with Crippen LogP contribution in [-0.4, -0.2) is 9.97 Å². The second-order valence-electron chi connectivity index (χ2n) is 4.72. The Morgan fingerprint density at radius 2 is 2.15 bits per heavy atom. The molecule has 0 aliphatic heterocycles. The number of hydrogen-bond acceptors (Lipinski definition) is 2. The average Bonchev–Trinajstić information content (AvgIpc) is 2.47. The van der Waals surface area contributed by atoms with Gasteiger partial charge in [-0.3, -0.25) is 4.98 Å². The number of hydrogen-bond donors (Lipinski definition) is 0. The van der Waals surface area contributed by atoms with Gasteiger partial charge in [0.1, 0.15) is 0 Å². The zero-order valence-corrected chi connectivity index (χ0v) is 12.3. The van der Waals surface area contributed by atoms with Crippen LogP contribution in [0, 0.1) is 6.92 Å². The minimum absolute atomic E-state index is 0.972. The van der Waals surface area contributed by atoms with Crippen LogP contribution in [0.2, 0.25) is 0 Å². The molecule has 0 saturated heterocycles. The molecule has 20 heavy (non-hydrogen) atoms. The summed E-state index contributed by atoms with van der Waals surface area (Å²) in [5, 5.41) is 0. The zero-order chi connectivity index (χ0) is 14.4. The summed E-state index contributed by atoms with van der Waals surface area (Å²) in [6.45, 7) is 6.27. The van der Waals surface area contributed by atoms with E-state index >= 15 is 0 Å². The number of allylic oxidation sites excluding steroid dienone is 4. The van der Waals surface area contributed by atoms with Crippen LogP contribution in [0.5, 0.6) is 0 Å². The molecule has 0 unspecified atom stereocenters. The van der Waals surface area contributed by atoms with Gasteiger partial charge in [0.15, 0.2) is 0 Å². The Bertz CT molecular complexity index is 625. The molecule has 2 heteroatoms. The summed E-state index contributed by atoms with van der Waals surface area (Å²) in [6.07, 6.45) is 11.0. The first kappa shape index (κ1) is 14.2. The van der Waals surface area contributed by atoms with Gasteiger partial charge in [-0.1, -0.05) is 25.2 Å². The Labute approximate surface area is 120 Å². The van der Waals surface area contributed by atoms with Crippen molar-refractivity contribution in [3.63, 3.8) is 0 Å². The topological polar surface area (TPSA) is 25.8 Å². The highest BCUT2D eigenvalue weighted by Crippen LogP contribution is 2.22. The van der Waals surface area contributed by atoms with E-state index in [0.717, 1.165) is 23.4 Å².